The average Bonchev–Trinajstić information content (AvgIpc) is 2.71. The van der Waals surface area contributed by atoms with Crippen LogP contribution in [-0.2, 0) is 16.6 Å². The average molecular weight is 461 g/mol. The number of nitrogens with one attached hydrogen (secondary N) is 1. The van der Waals surface area contributed by atoms with Crippen molar-refractivity contribution in [2.45, 2.75) is 11.4 Å². The van der Waals surface area contributed by atoms with Crippen LogP contribution in [0.4, 0.5) is 5.69 Å². The Morgan fingerprint density at radius 2 is 2.00 bits per heavy atom. The van der Waals surface area contributed by atoms with Crippen molar-refractivity contribution in [2.75, 3.05) is 5.73 Å². The van der Waals surface area contributed by atoms with Crippen LogP contribution >= 0.6 is 54.8 Å². The Morgan fingerprint density at radius 3 is 2.55 bits per heavy atom. The van der Waals surface area contributed by atoms with Crippen molar-refractivity contribution in [3.05, 3.63) is 42.4 Å². The van der Waals surface area contributed by atoms with Crippen molar-refractivity contribution in [3.8, 4) is 0 Å². The molecular weight excluding hydrogens is 452 g/mol. The number of rotatable bonds is 4. The van der Waals surface area contributed by atoms with Crippen LogP contribution in [0.5, 0.6) is 0 Å². The van der Waals surface area contributed by atoms with Crippen molar-refractivity contribution in [2.24, 2.45) is 0 Å². The molecule has 0 radical (unpaired) electrons. The third-order valence-electron chi connectivity index (χ3n) is 2.37. The molecule has 0 spiro atoms. The summed E-state index contributed by atoms with van der Waals surface area (Å²) in [5.41, 5.74) is 5.95. The van der Waals surface area contributed by atoms with Crippen molar-refractivity contribution in [1.29, 1.82) is 0 Å². The topological polar surface area (TPSA) is 72.2 Å². The second-order valence-electron chi connectivity index (χ2n) is 3.84. The van der Waals surface area contributed by atoms with Crippen LogP contribution < -0.4 is 10.5 Å². The summed E-state index contributed by atoms with van der Waals surface area (Å²) in [5, 5.41) is 0. The molecule has 0 unspecified atom stereocenters. The van der Waals surface area contributed by atoms with Gasteiger partial charge in [0, 0.05) is 20.4 Å². The van der Waals surface area contributed by atoms with E-state index in [-0.39, 0.29) is 17.1 Å². The molecule has 0 bridgehead atoms. The van der Waals surface area contributed by atoms with Gasteiger partial charge in [0.25, 0.3) is 0 Å². The van der Waals surface area contributed by atoms with E-state index >= 15 is 0 Å². The molecule has 0 saturated heterocycles. The Labute approximate surface area is 142 Å². The minimum absolute atomic E-state index is 0.0309. The van der Waals surface area contributed by atoms with Gasteiger partial charge < -0.3 is 5.73 Å². The zero-order valence-electron chi connectivity index (χ0n) is 9.86. The lowest BCUT2D eigenvalue weighted by atomic mass is 10.3. The van der Waals surface area contributed by atoms with E-state index in [9.17, 15) is 8.42 Å². The Bertz CT molecular complexity index is 724. The first-order valence-electron chi connectivity index (χ1n) is 5.28. The molecular formula is C11H9Br2ClN2O2S2. The number of sulfonamides is 1. The predicted molar refractivity (Wildman–Crippen MR) is 89.6 cm³/mol. The van der Waals surface area contributed by atoms with E-state index in [4.69, 9.17) is 17.3 Å². The van der Waals surface area contributed by atoms with Gasteiger partial charge in [0.05, 0.1) is 10.0 Å². The number of hydrogen-bond acceptors (Lipinski definition) is 4. The number of halogens is 3. The SMILES string of the molecule is Nc1cc(Br)cc(Br)c1S(=O)(=O)NCc1ccc(Cl)s1. The molecule has 0 saturated carbocycles. The Kier molecular flexibility index (Phi) is 5.14. The zero-order valence-corrected chi connectivity index (χ0v) is 15.4. The lowest BCUT2D eigenvalue weighted by molar-refractivity contribution is 0.581. The second-order valence-corrected chi connectivity index (χ2v) is 9.11. The van der Waals surface area contributed by atoms with Crippen molar-refractivity contribution in [3.63, 3.8) is 0 Å². The minimum Gasteiger partial charge on any atom is -0.398 e. The summed E-state index contributed by atoms with van der Waals surface area (Å²) in [7, 11) is -3.71. The monoisotopic (exact) mass is 458 g/mol. The highest BCUT2D eigenvalue weighted by atomic mass is 79.9. The molecule has 2 aromatic rings. The highest BCUT2D eigenvalue weighted by Gasteiger charge is 2.21. The van der Waals surface area contributed by atoms with Crippen molar-refractivity contribution < 1.29 is 8.42 Å². The van der Waals surface area contributed by atoms with Gasteiger partial charge in [-0.05, 0) is 40.2 Å². The van der Waals surface area contributed by atoms with E-state index in [1.165, 1.54) is 11.3 Å². The molecule has 0 aliphatic heterocycles. The van der Waals surface area contributed by atoms with E-state index in [0.717, 1.165) is 4.88 Å². The lowest BCUT2D eigenvalue weighted by Gasteiger charge is -2.11. The number of anilines is 1. The van der Waals surface area contributed by atoms with Crippen LogP contribution in [0.2, 0.25) is 4.34 Å². The van der Waals surface area contributed by atoms with Gasteiger partial charge in [0.15, 0.2) is 0 Å². The molecule has 4 nitrogen and oxygen atoms in total. The van der Waals surface area contributed by atoms with Gasteiger partial charge in [-0.25, -0.2) is 13.1 Å². The molecule has 3 N–H and O–H groups in total. The van der Waals surface area contributed by atoms with Crippen LogP contribution in [0.1, 0.15) is 4.88 Å². The van der Waals surface area contributed by atoms with Gasteiger partial charge in [-0.2, -0.15) is 0 Å². The Hall–Kier alpha value is -0.120. The maximum Gasteiger partial charge on any atom is 0.244 e. The predicted octanol–water partition coefficient (Wildman–Crippen LogP) is 3.99. The summed E-state index contributed by atoms with van der Waals surface area (Å²) < 4.78 is 28.8. The molecule has 0 fully saturated rings. The Balaban J connectivity index is 2.27. The van der Waals surface area contributed by atoms with E-state index in [0.29, 0.717) is 13.3 Å². The summed E-state index contributed by atoms with van der Waals surface area (Å²) >= 11 is 13.6. The number of hydrogen-bond donors (Lipinski definition) is 2. The molecule has 0 atom stereocenters. The third-order valence-corrected chi connectivity index (χ3v) is 6.47. The van der Waals surface area contributed by atoms with Crippen LogP contribution in [-0.4, -0.2) is 8.42 Å². The summed E-state index contributed by atoms with van der Waals surface area (Å²) in [6.07, 6.45) is 0. The zero-order chi connectivity index (χ0) is 14.9. The first-order valence-corrected chi connectivity index (χ1v) is 9.54. The normalized spacial score (nSPS) is 11.8. The van der Waals surface area contributed by atoms with Crippen molar-refractivity contribution in [1.82, 2.24) is 4.72 Å². The number of benzene rings is 1. The fourth-order valence-corrected chi connectivity index (χ4v) is 5.74. The molecule has 1 aromatic heterocycles. The van der Waals surface area contributed by atoms with Gasteiger partial charge in [-0.15, -0.1) is 11.3 Å². The fraction of sp³-hybridized carbons (Fsp3) is 0.0909. The van der Waals surface area contributed by atoms with Gasteiger partial charge >= 0.3 is 0 Å². The van der Waals surface area contributed by atoms with Crippen LogP contribution in [0.25, 0.3) is 0 Å². The molecule has 2 rings (SSSR count). The largest absolute Gasteiger partial charge is 0.398 e. The van der Waals surface area contributed by atoms with Gasteiger partial charge in [-0.1, -0.05) is 27.5 Å². The second kappa shape index (κ2) is 6.33. The van der Waals surface area contributed by atoms with Gasteiger partial charge in [-0.3, -0.25) is 0 Å². The van der Waals surface area contributed by atoms with Crippen LogP contribution in [0, 0.1) is 0 Å². The molecule has 0 aliphatic carbocycles. The maximum atomic E-state index is 12.3. The molecule has 1 heterocycles. The Morgan fingerprint density at radius 1 is 1.30 bits per heavy atom. The number of thiophene rings is 1. The highest BCUT2D eigenvalue weighted by Crippen LogP contribution is 2.31. The summed E-state index contributed by atoms with van der Waals surface area (Å²) in [5.74, 6) is 0. The minimum atomic E-state index is -3.71. The number of nitrogen functional groups attached to an aromatic ring is 1. The standard InChI is InChI=1S/C11H9Br2ClN2O2S2/c12-6-3-8(13)11(9(15)4-6)20(17,18)16-5-7-1-2-10(14)19-7/h1-4,16H,5,15H2. The smallest absolute Gasteiger partial charge is 0.244 e. The number of nitrogens with two attached hydrogens (primary N) is 1. The summed E-state index contributed by atoms with van der Waals surface area (Å²) in [6, 6.07) is 6.67. The summed E-state index contributed by atoms with van der Waals surface area (Å²) in [4.78, 5) is 0.855. The van der Waals surface area contributed by atoms with Gasteiger partial charge in [0.1, 0.15) is 4.90 Å². The molecule has 9 heteroatoms. The molecule has 108 valence electrons. The maximum absolute atomic E-state index is 12.3. The highest BCUT2D eigenvalue weighted by molar-refractivity contribution is 9.11. The lowest BCUT2D eigenvalue weighted by Crippen LogP contribution is -2.24. The quantitative estimate of drug-likeness (QED) is 0.678. The fourth-order valence-electron chi connectivity index (χ4n) is 1.55. The first-order chi connectivity index (χ1) is 9.29. The van der Waals surface area contributed by atoms with E-state index in [2.05, 4.69) is 36.6 Å². The first kappa shape index (κ1) is 16.3. The third kappa shape index (κ3) is 3.75. The molecule has 0 amide bonds. The molecule has 20 heavy (non-hydrogen) atoms. The van der Waals surface area contributed by atoms with Gasteiger partial charge in [0.2, 0.25) is 10.0 Å². The van der Waals surface area contributed by atoms with E-state index < -0.39 is 10.0 Å². The van der Waals surface area contributed by atoms with E-state index in [1.54, 1.807) is 24.3 Å². The van der Waals surface area contributed by atoms with Crippen LogP contribution in [0.15, 0.2) is 38.1 Å². The summed E-state index contributed by atoms with van der Waals surface area (Å²) in [6.45, 7) is 0.168. The molecule has 0 aliphatic rings. The van der Waals surface area contributed by atoms with Crippen molar-refractivity contribution >= 4 is 70.5 Å². The van der Waals surface area contributed by atoms with E-state index in [1.807, 2.05) is 0 Å². The molecule has 1 aromatic carbocycles. The van der Waals surface area contributed by atoms with Crippen LogP contribution in [0.3, 0.4) is 0 Å².